The molecule has 1 heterocycles. The zero-order chi connectivity index (χ0) is 18.9. The Morgan fingerprint density at radius 2 is 1.81 bits per heavy atom. The van der Waals surface area contributed by atoms with Gasteiger partial charge in [0.15, 0.2) is 0 Å². The Bertz CT molecular complexity index is 846. The summed E-state index contributed by atoms with van der Waals surface area (Å²) in [5.74, 6) is 0.0883. The molecular formula is C21H24N2O2S2. The highest BCUT2D eigenvalue weighted by molar-refractivity contribution is 7.99. The van der Waals surface area contributed by atoms with Crippen molar-refractivity contribution in [1.82, 2.24) is 10.3 Å². The van der Waals surface area contributed by atoms with Crippen LogP contribution in [0.3, 0.4) is 0 Å². The zero-order valence-electron chi connectivity index (χ0n) is 15.2. The second-order valence-electron chi connectivity index (χ2n) is 6.29. The molecule has 0 bridgehead atoms. The van der Waals surface area contributed by atoms with E-state index in [2.05, 4.69) is 28.5 Å². The maximum absolute atomic E-state index is 11.2. The standard InChI is InChI=1S/C21H24N2O2S2/c24-21(25)16-8-1-3-10-18(16)26-15-6-5-13-22-14-7-12-20-23-17-9-2-4-11-19(17)27-20/h1-4,8-11,22H,5-7,12-15H2,(H,24,25). The lowest BCUT2D eigenvalue weighted by atomic mass is 10.2. The lowest BCUT2D eigenvalue weighted by Crippen LogP contribution is -2.17. The molecule has 0 spiro atoms. The number of aromatic nitrogens is 1. The molecule has 0 saturated heterocycles. The zero-order valence-corrected chi connectivity index (χ0v) is 16.8. The Morgan fingerprint density at radius 1 is 1.04 bits per heavy atom. The first kappa shape index (κ1) is 19.9. The molecule has 0 saturated carbocycles. The number of thioether (sulfide) groups is 1. The van der Waals surface area contributed by atoms with Gasteiger partial charge in [0.1, 0.15) is 0 Å². The fourth-order valence-corrected chi connectivity index (χ4v) is 4.88. The van der Waals surface area contributed by atoms with Crippen LogP contribution in [0.5, 0.6) is 0 Å². The smallest absolute Gasteiger partial charge is 0.336 e. The summed E-state index contributed by atoms with van der Waals surface area (Å²) in [4.78, 5) is 16.7. The topological polar surface area (TPSA) is 62.2 Å². The SMILES string of the molecule is O=C(O)c1ccccc1SCCCCNCCCc1nc2ccccc2s1. The number of unbranched alkanes of at least 4 members (excludes halogenated alkanes) is 1. The van der Waals surface area contributed by atoms with Crippen molar-refractivity contribution >= 4 is 39.3 Å². The number of nitrogens with zero attached hydrogens (tertiary/aromatic N) is 1. The summed E-state index contributed by atoms with van der Waals surface area (Å²) < 4.78 is 1.27. The van der Waals surface area contributed by atoms with E-state index in [0.717, 1.165) is 54.9 Å². The van der Waals surface area contributed by atoms with Crippen LogP contribution in [0.2, 0.25) is 0 Å². The van der Waals surface area contributed by atoms with Gasteiger partial charge in [-0.1, -0.05) is 24.3 Å². The predicted octanol–water partition coefficient (Wildman–Crippen LogP) is 5.09. The van der Waals surface area contributed by atoms with E-state index in [9.17, 15) is 9.90 Å². The molecule has 3 rings (SSSR count). The van der Waals surface area contributed by atoms with Gasteiger partial charge in [0, 0.05) is 11.3 Å². The average Bonchev–Trinajstić information content (AvgIpc) is 3.09. The van der Waals surface area contributed by atoms with Gasteiger partial charge in [0.2, 0.25) is 0 Å². The van der Waals surface area contributed by atoms with Gasteiger partial charge < -0.3 is 10.4 Å². The van der Waals surface area contributed by atoms with Gasteiger partial charge in [0.25, 0.3) is 0 Å². The van der Waals surface area contributed by atoms with Crippen molar-refractivity contribution < 1.29 is 9.90 Å². The molecule has 0 fully saturated rings. The largest absolute Gasteiger partial charge is 0.478 e. The Morgan fingerprint density at radius 3 is 2.67 bits per heavy atom. The number of nitrogens with one attached hydrogen (secondary N) is 1. The molecule has 1 aromatic heterocycles. The molecule has 0 atom stereocenters. The van der Waals surface area contributed by atoms with Crippen molar-refractivity contribution in [2.75, 3.05) is 18.8 Å². The van der Waals surface area contributed by atoms with Crippen molar-refractivity contribution in [2.45, 2.75) is 30.6 Å². The third-order valence-electron chi connectivity index (χ3n) is 4.21. The lowest BCUT2D eigenvalue weighted by molar-refractivity contribution is 0.0693. The first-order valence-corrected chi connectivity index (χ1v) is 11.0. The van der Waals surface area contributed by atoms with Crippen LogP contribution in [0.25, 0.3) is 10.2 Å². The Balaban J connectivity index is 1.25. The normalized spacial score (nSPS) is 11.1. The molecule has 2 N–H and O–H groups in total. The van der Waals surface area contributed by atoms with Gasteiger partial charge in [-0.15, -0.1) is 23.1 Å². The predicted molar refractivity (Wildman–Crippen MR) is 114 cm³/mol. The number of benzene rings is 2. The van der Waals surface area contributed by atoms with Crippen LogP contribution in [0.1, 0.15) is 34.6 Å². The van der Waals surface area contributed by atoms with Crippen molar-refractivity contribution in [3.8, 4) is 0 Å². The fourth-order valence-electron chi connectivity index (χ4n) is 2.82. The molecule has 27 heavy (non-hydrogen) atoms. The number of thiazole rings is 1. The van der Waals surface area contributed by atoms with Gasteiger partial charge in [-0.05, 0) is 62.4 Å². The van der Waals surface area contributed by atoms with Crippen LogP contribution in [-0.2, 0) is 6.42 Å². The van der Waals surface area contributed by atoms with E-state index in [1.807, 2.05) is 18.2 Å². The quantitative estimate of drug-likeness (QED) is 0.347. The molecule has 142 valence electrons. The molecule has 0 aliphatic rings. The van der Waals surface area contributed by atoms with E-state index in [0.29, 0.717) is 5.56 Å². The average molecular weight is 401 g/mol. The van der Waals surface area contributed by atoms with Crippen molar-refractivity contribution in [3.05, 3.63) is 59.1 Å². The molecule has 0 aliphatic carbocycles. The van der Waals surface area contributed by atoms with E-state index in [1.165, 1.54) is 9.71 Å². The summed E-state index contributed by atoms with van der Waals surface area (Å²) in [6.45, 7) is 2.01. The number of para-hydroxylation sites is 1. The summed E-state index contributed by atoms with van der Waals surface area (Å²) in [6, 6.07) is 15.5. The van der Waals surface area contributed by atoms with Crippen LogP contribution >= 0.6 is 23.1 Å². The number of hydrogen-bond acceptors (Lipinski definition) is 5. The molecule has 2 aromatic carbocycles. The Hall–Kier alpha value is -1.89. The van der Waals surface area contributed by atoms with E-state index in [4.69, 9.17) is 0 Å². The summed E-state index contributed by atoms with van der Waals surface area (Å²) in [5.41, 5.74) is 1.50. The molecule has 0 amide bonds. The number of aromatic carboxylic acids is 1. The third-order valence-corrected chi connectivity index (χ3v) is 6.46. The number of carboxylic acid groups (broad SMARTS) is 1. The number of carboxylic acids is 1. The van der Waals surface area contributed by atoms with Crippen LogP contribution in [0.4, 0.5) is 0 Å². The van der Waals surface area contributed by atoms with Crippen molar-refractivity contribution in [3.63, 3.8) is 0 Å². The first-order chi connectivity index (χ1) is 13.2. The molecule has 0 aliphatic heterocycles. The highest BCUT2D eigenvalue weighted by Crippen LogP contribution is 2.24. The molecule has 0 radical (unpaired) electrons. The Labute approximate surface area is 168 Å². The van der Waals surface area contributed by atoms with E-state index in [1.54, 1.807) is 35.2 Å². The van der Waals surface area contributed by atoms with Gasteiger partial charge in [-0.25, -0.2) is 9.78 Å². The minimum Gasteiger partial charge on any atom is -0.478 e. The minimum atomic E-state index is -0.854. The van der Waals surface area contributed by atoms with E-state index >= 15 is 0 Å². The lowest BCUT2D eigenvalue weighted by Gasteiger charge is -2.06. The highest BCUT2D eigenvalue weighted by Gasteiger charge is 2.08. The van der Waals surface area contributed by atoms with Crippen LogP contribution in [0.15, 0.2) is 53.4 Å². The molecular weight excluding hydrogens is 376 g/mol. The molecule has 4 nitrogen and oxygen atoms in total. The van der Waals surface area contributed by atoms with Gasteiger partial charge in [0.05, 0.1) is 20.8 Å². The van der Waals surface area contributed by atoms with Crippen LogP contribution in [-0.4, -0.2) is 34.9 Å². The minimum absolute atomic E-state index is 0.399. The van der Waals surface area contributed by atoms with Gasteiger partial charge in [-0.3, -0.25) is 0 Å². The van der Waals surface area contributed by atoms with Gasteiger partial charge >= 0.3 is 5.97 Å². The van der Waals surface area contributed by atoms with Gasteiger partial charge in [-0.2, -0.15) is 0 Å². The maximum Gasteiger partial charge on any atom is 0.336 e. The van der Waals surface area contributed by atoms with Crippen LogP contribution in [0, 0.1) is 0 Å². The number of fused-ring (bicyclic) bond motifs is 1. The van der Waals surface area contributed by atoms with E-state index < -0.39 is 5.97 Å². The van der Waals surface area contributed by atoms with Crippen molar-refractivity contribution in [1.29, 1.82) is 0 Å². The molecule has 3 aromatic rings. The summed E-state index contributed by atoms with van der Waals surface area (Å²) in [5, 5.41) is 13.9. The maximum atomic E-state index is 11.2. The summed E-state index contributed by atoms with van der Waals surface area (Å²) in [6.07, 6.45) is 4.29. The van der Waals surface area contributed by atoms with Crippen molar-refractivity contribution in [2.24, 2.45) is 0 Å². The number of aryl methyl sites for hydroxylation is 1. The summed E-state index contributed by atoms with van der Waals surface area (Å²) in [7, 11) is 0. The third kappa shape index (κ3) is 6.06. The highest BCUT2D eigenvalue weighted by atomic mass is 32.2. The monoisotopic (exact) mass is 400 g/mol. The van der Waals surface area contributed by atoms with Crippen LogP contribution < -0.4 is 5.32 Å². The number of rotatable bonds is 11. The summed E-state index contributed by atoms with van der Waals surface area (Å²) >= 11 is 3.42. The number of hydrogen-bond donors (Lipinski definition) is 2. The Kier molecular flexibility index (Phi) is 7.68. The second-order valence-corrected chi connectivity index (χ2v) is 8.54. The second kappa shape index (κ2) is 10.4. The van der Waals surface area contributed by atoms with E-state index in [-0.39, 0.29) is 0 Å². The molecule has 0 unspecified atom stereocenters. The first-order valence-electron chi connectivity index (χ1n) is 9.24. The molecule has 6 heteroatoms. The fraction of sp³-hybridized carbons (Fsp3) is 0.333. The number of carbonyl (C=O) groups is 1.